The molecule has 0 aliphatic carbocycles. The fourth-order valence-electron chi connectivity index (χ4n) is 3.37. The summed E-state index contributed by atoms with van der Waals surface area (Å²) in [5.74, 6) is 0.824. The summed E-state index contributed by atoms with van der Waals surface area (Å²) in [6, 6.07) is 16.5. The van der Waals surface area contributed by atoms with Crippen LogP contribution in [0.2, 0.25) is 0 Å². The molecule has 0 spiro atoms. The highest BCUT2D eigenvalue weighted by atomic mass is 15.4. The molecule has 0 radical (unpaired) electrons. The summed E-state index contributed by atoms with van der Waals surface area (Å²) >= 11 is 0. The molecule has 1 fully saturated rings. The smallest absolute Gasteiger partial charge is 0.160 e. The molecule has 0 saturated carbocycles. The van der Waals surface area contributed by atoms with E-state index in [4.69, 9.17) is 10.7 Å². The van der Waals surface area contributed by atoms with Gasteiger partial charge in [-0.1, -0.05) is 49.0 Å². The van der Waals surface area contributed by atoms with Crippen molar-refractivity contribution in [3.05, 3.63) is 83.7 Å². The molecule has 4 nitrogen and oxygen atoms in total. The average molecular weight is 346 g/mol. The van der Waals surface area contributed by atoms with Crippen molar-refractivity contribution < 1.29 is 0 Å². The molecule has 26 heavy (non-hydrogen) atoms. The fourth-order valence-corrected chi connectivity index (χ4v) is 3.37. The van der Waals surface area contributed by atoms with Crippen LogP contribution in [0.15, 0.2) is 72.0 Å². The van der Waals surface area contributed by atoms with Crippen molar-refractivity contribution in [3.63, 3.8) is 0 Å². The number of para-hydroxylation sites is 1. The first-order chi connectivity index (χ1) is 12.5. The maximum absolute atomic E-state index is 5.96. The van der Waals surface area contributed by atoms with E-state index in [0.717, 1.165) is 34.0 Å². The summed E-state index contributed by atoms with van der Waals surface area (Å²) in [5.41, 5.74) is 12.1. The highest BCUT2D eigenvalue weighted by Crippen LogP contribution is 2.33. The largest absolute Gasteiger partial charge is 0.403 e. The Bertz CT molecular complexity index is 895. The molecular weight excluding hydrogens is 320 g/mol. The van der Waals surface area contributed by atoms with Gasteiger partial charge in [0.15, 0.2) is 5.84 Å². The second-order valence-corrected chi connectivity index (χ2v) is 6.65. The maximum atomic E-state index is 5.96. The van der Waals surface area contributed by atoms with Gasteiger partial charge in [-0.3, -0.25) is 0 Å². The molecule has 1 unspecified atom stereocenters. The number of hydrogen-bond acceptors (Lipinski definition) is 3. The zero-order valence-electron chi connectivity index (χ0n) is 15.9. The molecule has 4 heteroatoms. The van der Waals surface area contributed by atoms with Crippen molar-refractivity contribution >= 4 is 17.2 Å². The number of rotatable bonds is 3. The van der Waals surface area contributed by atoms with Crippen molar-refractivity contribution in [1.29, 1.82) is 0 Å². The first-order valence-electron chi connectivity index (χ1n) is 8.79. The highest BCUT2D eigenvalue weighted by molar-refractivity contribution is 6.14. The zero-order valence-corrected chi connectivity index (χ0v) is 15.9. The third kappa shape index (κ3) is 2.99. The van der Waals surface area contributed by atoms with Crippen molar-refractivity contribution in [2.75, 3.05) is 11.9 Å². The Hall–Kier alpha value is -3.01. The summed E-state index contributed by atoms with van der Waals surface area (Å²) in [6.45, 7) is 10.5. The van der Waals surface area contributed by atoms with Crippen LogP contribution in [-0.2, 0) is 0 Å². The van der Waals surface area contributed by atoms with E-state index in [1.54, 1.807) is 6.20 Å². The highest BCUT2D eigenvalue weighted by Gasteiger charge is 2.36. The monoisotopic (exact) mass is 346 g/mol. The number of aryl methyl sites for hydroxylation is 2. The molecule has 1 aliphatic rings. The van der Waals surface area contributed by atoms with Crippen LogP contribution < -0.4 is 10.6 Å². The number of anilines is 1. The van der Waals surface area contributed by atoms with Crippen LogP contribution in [0.5, 0.6) is 0 Å². The lowest BCUT2D eigenvalue weighted by molar-refractivity contribution is 0.375. The van der Waals surface area contributed by atoms with E-state index >= 15 is 0 Å². The molecule has 1 heterocycles. The van der Waals surface area contributed by atoms with E-state index in [1.807, 2.05) is 37.4 Å². The predicted octanol–water partition coefficient (Wildman–Crippen LogP) is 4.27. The molecule has 2 aromatic carbocycles. The summed E-state index contributed by atoms with van der Waals surface area (Å²) in [7, 11) is 2.04. The van der Waals surface area contributed by atoms with Crippen LogP contribution in [0.3, 0.4) is 0 Å². The number of hydrogen-bond donors (Lipinski definition) is 1. The van der Waals surface area contributed by atoms with Gasteiger partial charge in [0.1, 0.15) is 6.17 Å². The van der Waals surface area contributed by atoms with Crippen molar-refractivity contribution in [3.8, 4) is 0 Å². The first kappa shape index (κ1) is 17.8. The Balaban J connectivity index is 2.13. The van der Waals surface area contributed by atoms with Gasteiger partial charge >= 0.3 is 0 Å². The van der Waals surface area contributed by atoms with E-state index in [1.165, 1.54) is 5.56 Å². The molecular formula is C22H26N4. The lowest BCUT2D eigenvalue weighted by Crippen LogP contribution is -2.36. The Morgan fingerprint density at radius 1 is 1.08 bits per heavy atom. The molecule has 1 saturated heterocycles. The number of nitrogens with zero attached hydrogens (tertiary/aromatic N) is 3. The third-order valence-corrected chi connectivity index (χ3v) is 5.00. The Labute approximate surface area is 156 Å². The number of nitrogens with two attached hydrogens (primary N) is 1. The number of benzene rings is 2. The minimum absolute atomic E-state index is 0.106. The van der Waals surface area contributed by atoms with Gasteiger partial charge in [-0.25, -0.2) is 4.99 Å². The molecule has 2 aromatic rings. The van der Waals surface area contributed by atoms with Gasteiger partial charge < -0.3 is 15.5 Å². The molecule has 3 rings (SSSR count). The predicted molar refractivity (Wildman–Crippen MR) is 111 cm³/mol. The minimum Gasteiger partial charge on any atom is -0.403 e. The maximum Gasteiger partial charge on any atom is 0.160 e. The van der Waals surface area contributed by atoms with E-state index in [0.29, 0.717) is 0 Å². The molecule has 0 bridgehead atoms. The quantitative estimate of drug-likeness (QED) is 0.902. The number of likely N-dealkylation sites (N-methyl/N-ethyl adjacent to an activating group) is 1. The summed E-state index contributed by atoms with van der Waals surface area (Å²) in [5, 5.41) is 0. The first-order valence-corrected chi connectivity index (χ1v) is 8.79. The summed E-state index contributed by atoms with van der Waals surface area (Å²) < 4.78 is 0. The lowest BCUT2D eigenvalue weighted by atomic mass is 10.1. The van der Waals surface area contributed by atoms with Crippen LogP contribution in [-0.4, -0.2) is 23.9 Å². The lowest BCUT2D eigenvalue weighted by Gasteiger charge is -2.27. The molecule has 1 aliphatic heterocycles. The Morgan fingerprint density at radius 3 is 2.31 bits per heavy atom. The Kier molecular flexibility index (Phi) is 4.85. The molecule has 134 valence electrons. The zero-order chi connectivity index (χ0) is 18.8. The molecule has 0 amide bonds. The van der Waals surface area contributed by atoms with Crippen LogP contribution in [0.25, 0.3) is 5.70 Å². The van der Waals surface area contributed by atoms with Gasteiger partial charge in [-0.05, 0) is 38.0 Å². The molecule has 0 aromatic heterocycles. The minimum atomic E-state index is 0.106. The third-order valence-electron chi connectivity index (χ3n) is 5.00. The van der Waals surface area contributed by atoms with Crippen LogP contribution in [0, 0.1) is 13.8 Å². The van der Waals surface area contributed by atoms with Crippen LogP contribution in [0.1, 0.15) is 23.6 Å². The van der Waals surface area contributed by atoms with Gasteiger partial charge in [-0.2, -0.15) is 0 Å². The van der Waals surface area contributed by atoms with Gasteiger partial charge in [0.25, 0.3) is 0 Å². The van der Waals surface area contributed by atoms with Crippen LogP contribution >= 0.6 is 0 Å². The topological polar surface area (TPSA) is 44.9 Å². The van der Waals surface area contributed by atoms with Crippen molar-refractivity contribution in [1.82, 2.24) is 4.90 Å². The second kappa shape index (κ2) is 7.08. The van der Waals surface area contributed by atoms with Gasteiger partial charge in [0.05, 0.1) is 11.4 Å². The number of aliphatic imine (C=N–C) groups is 1. The standard InChI is InChI=1S/C22H26N4/c1-15-10-6-8-12-19(15)17(3)24-22-21(14-23)25(5)18(4)26(22)20-13-9-7-11-16(20)2/h6-14,18H,3,23H2,1-2,4-5H3/b21-14+,24-22?. The molecule has 1 atom stereocenters. The van der Waals surface area contributed by atoms with Crippen molar-refractivity contribution in [2.45, 2.75) is 26.9 Å². The van der Waals surface area contributed by atoms with Gasteiger partial charge in [0.2, 0.25) is 0 Å². The molecule has 2 N–H and O–H groups in total. The van der Waals surface area contributed by atoms with E-state index in [9.17, 15) is 0 Å². The summed E-state index contributed by atoms with van der Waals surface area (Å²) in [6.07, 6.45) is 1.73. The van der Waals surface area contributed by atoms with E-state index < -0.39 is 0 Å². The normalized spacial score (nSPS) is 20.2. The fraction of sp³-hybridized carbons (Fsp3) is 0.227. The Morgan fingerprint density at radius 2 is 1.69 bits per heavy atom. The summed E-state index contributed by atoms with van der Waals surface area (Å²) in [4.78, 5) is 9.27. The van der Waals surface area contributed by atoms with E-state index in [-0.39, 0.29) is 6.17 Å². The second-order valence-electron chi connectivity index (χ2n) is 6.65. The van der Waals surface area contributed by atoms with Gasteiger partial charge in [-0.15, -0.1) is 0 Å². The average Bonchev–Trinajstić information content (AvgIpc) is 2.86. The van der Waals surface area contributed by atoms with Crippen LogP contribution in [0.4, 0.5) is 5.69 Å². The number of amidine groups is 1. The van der Waals surface area contributed by atoms with Gasteiger partial charge in [0, 0.05) is 24.5 Å². The van der Waals surface area contributed by atoms with Crippen molar-refractivity contribution in [2.24, 2.45) is 10.7 Å². The van der Waals surface area contributed by atoms with E-state index in [2.05, 4.69) is 55.3 Å². The SMILES string of the molecule is C=C(N=C1/C(=C\N)N(C)C(C)N1c1ccccc1C)c1ccccc1C.